The van der Waals surface area contributed by atoms with Crippen LogP contribution in [-0.4, -0.2) is 31.9 Å². The van der Waals surface area contributed by atoms with Gasteiger partial charge in [0.25, 0.3) is 10.0 Å². The summed E-state index contributed by atoms with van der Waals surface area (Å²) in [4.78, 5) is 24.5. The van der Waals surface area contributed by atoms with E-state index in [1.54, 1.807) is 6.07 Å². The minimum atomic E-state index is -3.78. The molecule has 3 rings (SSSR count). The number of nitrogens with zero attached hydrogens (tertiary/aromatic N) is 1. The molecule has 0 radical (unpaired) electrons. The first-order valence-electron chi connectivity index (χ1n) is 8.41. The number of carbonyl (C=O) groups excluding carboxylic acids is 1. The molecule has 2 aromatic rings. The van der Waals surface area contributed by atoms with Crippen LogP contribution >= 0.6 is 0 Å². The van der Waals surface area contributed by atoms with Crippen LogP contribution in [-0.2, 0) is 19.6 Å². The van der Waals surface area contributed by atoms with Gasteiger partial charge in [0.15, 0.2) is 0 Å². The number of rotatable bonds is 5. The summed E-state index contributed by atoms with van der Waals surface area (Å²) in [5, 5.41) is 9.06. The van der Waals surface area contributed by atoms with Crippen LogP contribution in [0.1, 0.15) is 17.5 Å². The van der Waals surface area contributed by atoms with Crippen LogP contribution < -0.4 is 9.62 Å². The van der Waals surface area contributed by atoms with Gasteiger partial charge in [0, 0.05) is 18.7 Å². The maximum absolute atomic E-state index is 12.6. The molecule has 1 aliphatic heterocycles. The molecule has 1 aliphatic rings. The molecule has 27 heavy (non-hydrogen) atoms. The standard InChI is InChI=1S/C19H20N2O5S/c1-12-3-4-13(2)17(9-12)20-27(25,26)16-7-5-15(6-8-16)21-11-14(19(23)24)10-18(21)22/h3-9,14,20H,10-11H2,1-2H3,(H,23,24)/t14-/m1/s1. The zero-order valence-corrected chi connectivity index (χ0v) is 15.8. The van der Waals surface area contributed by atoms with Crippen molar-refractivity contribution in [2.45, 2.75) is 25.2 Å². The molecule has 1 atom stereocenters. The van der Waals surface area contributed by atoms with Crippen molar-refractivity contribution in [3.05, 3.63) is 53.6 Å². The van der Waals surface area contributed by atoms with Crippen molar-refractivity contribution >= 4 is 33.3 Å². The predicted octanol–water partition coefficient (Wildman–Crippen LogP) is 2.54. The van der Waals surface area contributed by atoms with E-state index in [1.807, 2.05) is 26.0 Å². The summed E-state index contributed by atoms with van der Waals surface area (Å²) in [6.45, 7) is 3.78. The van der Waals surface area contributed by atoms with E-state index in [0.717, 1.165) is 11.1 Å². The first kappa shape index (κ1) is 18.9. The molecular weight excluding hydrogens is 368 g/mol. The Kier molecular flexibility index (Phi) is 4.93. The highest BCUT2D eigenvalue weighted by atomic mass is 32.2. The summed E-state index contributed by atoms with van der Waals surface area (Å²) in [5.41, 5.74) is 2.74. The maximum atomic E-state index is 12.6. The second-order valence-corrected chi connectivity index (χ2v) is 8.34. The molecule has 1 fully saturated rings. The van der Waals surface area contributed by atoms with Crippen molar-refractivity contribution in [3.8, 4) is 0 Å². The Morgan fingerprint density at radius 2 is 1.81 bits per heavy atom. The lowest BCUT2D eigenvalue weighted by Gasteiger charge is -2.17. The number of anilines is 2. The highest BCUT2D eigenvalue weighted by Crippen LogP contribution is 2.27. The van der Waals surface area contributed by atoms with E-state index in [1.165, 1.54) is 29.2 Å². The third kappa shape index (κ3) is 3.95. The summed E-state index contributed by atoms with van der Waals surface area (Å²) < 4.78 is 27.8. The Labute approximate surface area is 157 Å². The van der Waals surface area contributed by atoms with Crippen molar-refractivity contribution in [2.75, 3.05) is 16.2 Å². The number of carboxylic acids is 1. The van der Waals surface area contributed by atoms with E-state index in [0.29, 0.717) is 11.4 Å². The first-order valence-corrected chi connectivity index (χ1v) is 9.89. The molecule has 1 amide bonds. The topological polar surface area (TPSA) is 104 Å². The number of carbonyl (C=O) groups is 2. The minimum absolute atomic E-state index is 0.0520. The SMILES string of the molecule is Cc1ccc(C)c(NS(=O)(=O)c2ccc(N3C[C@H](C(=O)O)CC3=O)cc2)c1. The zero-order valence-electron chi connectivity index (χ0n) is 15.0. The number of nitrogens with one attached hydrogen (secondary N) is 1. The van der Waals surface area contributed by atoms with E-state index in [4.69, 9.17) is 5.11 Å². The van der Waals surface area contributed by atoms with Crippen LogP contribution in [0.2, 0.25) is 0 Å². The summed E-state index contributed by atoms with van der Waals surface area (Å²) >= 11 is 0. The number of aryl methyl sites for hydroxylation is 2. The lowest BCUT2D eigenvalue weighted by Crippen LogP contribution is -2.25. The van der Waals surface area contributed by atoms with E-state index in [-0.39, 0.29) is 23.8 Å². The lowest BCUT2D eigenvalue weighted by atomic mass is 10.1. The minimum Gasteiger partial charge on any atom is -0.481 e. The van der Waals surface area contributed by atoms with E-state index in [2.05, 4.69) is 4.72 Å². The van der Waals surface area contributed by atoms with Crippen LogP contribution in [0.4, 0.5) is 11.4 Å². The Hall–Kier alpha value is -2.87. The predicted molar refractivity (Wildman–Crippen MR) is 101 cm³/mol. The molecule has 7 nitrogen and oxygen atoms in total. The molecule has 0 bridgehead atoms. The fraction of sp³-hybridized carbons (Fsp3) is 0.263. The molecular formula is C19H20N2O5S. The number of carboxylic acid groups (broad SMARTS) is 1. The normalized spacial score (nSPS) is 17.2. The molecule has 1 saturated heterocycles. The second kappa shape index (κ2) is 7.03. The number of hydrogen-bond acceptors (Lipinski definition) is 4. The summed E-state index contributed by atoms with van der Waals surface area (Å²) in [6.07, 6.45) is -0.0520. The molecule has 0 aromatic heterocycles. The van der Waals surface area contributed by atoms with Gasteiger partial charge in [-0.25, -0.2) is 8.42 Å². The van der Waals surface area contributed by atoms with Crippen molar-refractivity contribution < 1.29 is 23.1 Å². The summed E-state index contributed by atoms with van der Waals surface area (Å²) in [6, 6.07) is 11.3. The van der Waals surface area contributed by atoms with Crippen molar-refractivity contribution in [2.24, 2.45) is 5.92 Å². The maximum Gasteiger partial charge on any atom is 0.308 e. The Bertz CT molecular complexity index is 999. The summed E-state index contributed by atoms with van der Waals surface area (Å²) in [7, 11) is -3.78. The van der Waals surface area contributed by atoms with Crippen molar-refractivity contribution in [3.63, 3.8) is 0 Å². The van der Waals surface area contributed by atoms with Gasteiger partial charge in [-0.3, -0.25) is 14.3 Å². The van der Waals surface area contributed by atoms with E-state index < -0.39 is 21.9 Å². The average molecular weight is 388 g/mol. The summed E-state index contributed by atoms with van der Waals surface area (Å²) in [5.74, 6) is -2.04. The smallest absolute Gasteiger partial charge is 0.308 e. The van der Waals surface area contributed by atoms with Crippen LogP contribution in [0.15, 0.2) is 47.4 Å². The average Bonchev–Trinajstić information content (AvgIpc) is 3.00. The molecule has 0 aliphatic carbocycles. The van der Waals surface area contributed by atoms with E-state index >= 15 is 0 Å². The van der Waals surface area contributed by atoms with Crippen molar-refractivity contribution in [1.29, 1.82) is 0 Å². The third-order valence-corrected chi connectivity index (χ3v) is 5.95. The largest absolute Gasteiger partial charge is 0.481 e. The highest BCUT2D eigenvalue weighted by Gasteiger charge is 2.35. The molecule has 0 unspecified atom stereocenters. The second-order valence-electron chi connectivity index (χ2n) is 6.66. The van der Waals surface area contributed by atoms with Crippen LogP contribution in [0.5, 0.6) is 0 Å². The molecule has 1 heterocycles. The molecule has 142 valence electrons. The van der Waals surface area contributed by atoms with Crippen LogP contribution in [0.3, 0.4) is 0 Å². The van der Waals surface area contributed by atoms with Gasteiger partial charge in [-0.1, -0.05) is 12.1 Å². The zero-order chi connectivity index (χ0) is 19.8. The quantitative estimate of drug-likeness (QED) is 0.819. The fourth-order valence-corrected chi connectivity index (χ4v) is 4.10. The van der Waals surface area contributed by atoms with E-state index in [9.17, 15) is 18.0 Å². The van der Waals surface area contributed by atoms with Gasteiger partial charge >= 0.3 is 5.97 Å². The number of aliphatic carboxylic acids is 1. The van der Waals surface area contributed by atoms with Gasteiger partial charge in [0.1, 0.15) is 0 Å². The molecule has 2 N–H and O–H groups in total. The number of amides is 1. The molecule has 8 heteroatoms. The lowest BCUT2D eigenvalue weighted by molar-refractivity contribution is -0.141. The van der Waals surface area contributed by atoms with Gasteiger partial charge in [0.2, 0.25) is 5.91 Å². The number of hydrogen-bond donors (Lipinski definition) is 2. The first-order chi connectivity index (χ1) is 12.7. The van der Waals surface area contributed by atoms with Crippen molar-refractivity contribution in [1.82, 2.24) is 0 Å². The highest BCUT2D eigenvalue weighted by molar-refractivity contribution is 7.92. The number of sulfonamides is 1. The monoisotopic (exact) mass is 388 g/mol. The van der Waals surface area contributed by atoms with Gasteiger partial charge in [-0.2, -0.15) is 0 Å². The molecule has 0 saturated carbocycles. The van der Waals surface area contributed by atoms with Gasteiger partial charge < -0.3 is 10.0 Å². The third-order valence-electron chi connectivity index (χ3n) is 4.57. The van der Waals surface area contributed by atoms with Gasteiger partial charge in [0.05, 0.1) is 16.5 Å². The van der Waals surface area contributed by atoms with Gasteiger partial charge in [-0.05, 0) is 55.3 Å². The van der Waals surface area contributed by atoms with Crippen LogP contribution in [0.25, 0.3) is 0 Å². The fourth-order valence-electron chi connectivity index (χ4n) is 2.98. The molecule has 2 aromatic carbocycles. The van der Waals surface area contributed by atoms with Crippen LogP contribution in [0, 0.1) is 19.8 Å². The molecule has 0 spiro atoms. The van der Waals surface area contributed by atoms with Gasteiger partial charge in [-0.15, -0.1) is 0 Å². The Balaban J connectivity index is 1.81. The number of benzene rings is 2. The Morgan fingerprint density at radius 3 is 2.41 bits per heavy atom. The Morgan fingerprint density at radius 1 is 1.15 bits per heavy atom.